The van der Waals surface area contributed by atoms with E-state index in [0.29, 0.717) is 12.1 Å². The highest BCUT2D eigenvalue weighted by atomic mass is 16.3. The summed E-state index contributed by atoms with van der Waals surface area (Å²) in [6.45, 7) is 2.15. The third-order valence-corrected chi connectivity index (χ3v) is 4.47. The summed E-state index contributed by atoms with van der Waals surface area (Å²) in [7, 11) is 0. The minimum Gasteiger partial charge on any atom is -0.391 e. The van der Waals surface area contributed by atoms with Crippen molar-refractivity contribution in [3.05, 3.63) is 12.7 Å². The topological polar surface area (TPSA) is 54.2 Å². The first-order valence-electron chi connectivity index (χ1n) is 7.11. The molecule has 1 saturated heterocycles. The Bertz CT molecular complexity index is 359. The van der Waals surface area contributed by atoms with Gasteiger partial charge in [-0.2, -0.15) is 5.10 Å². The fourth-order valence-corrected chi connectivity index (χ4v) is 3.41. The van der Waals surface area contributed by atoms with Crippen LogP contribution in [0.2, 0.25) is 0 Å². The molecule has 5 heteroatoms. The van der Waals surface area contributed by atoms with Crippen LogP contribution in [-0.4, -0.2) is 50.0 Å². The number of likely N-dealkylation sites (tertiary alicyclic amines) is 1. The van der Waals surface area contributed by atoms with E-state index in [1.165, 1.54) is 12.8 Å². The maximum Gasteiger partial charge on any atom is 0.137 e. The third kappa shape index (κ3) is 2.42. The van der Waals surface area contributed by atoms with Crippen LogP contribution in [0.1, 0.15) is 44.6 Å². The van der Waals surface area contributed by atoms with E-state index in [9.17, 15) is 5.11 Å². The second-order valence-corrected chi connectivity index (χ2v) is 5.56. The van der Waals surface area contributed by atoms with Gasteiger partial charge in [-0.3, -0.25) is 4.90 Å². The molecule has 1 aliphatic carbocycles. The minimum atomic E-state index is -0.110. The van der Waals surface area contributed by atoms with Gasteiger partial charge in [0.15, 0.2) is 0 Å². The maximum atomic E-state index is 10.1. The Balaban J connectivity index is 1.56. The first-order valence-corrected chi connectivity index (χ1v) is 7.11. The number of aromatic nitrogens is 3. The summed E-state index contributed by atoms with van der Waals surface area (Å²) in [5, 5.41) is 14.3. The van der Waals surface area contributed by atoms with Gasteiger partial charge in [0.2, 0.25) is 0 Å². The van der Waals surface area contributed by atoms with Crippen LogP contribution in [0.3, 0.4) is 0 Å². The minimum absolute atomic E-state index is 0.110. The lowest BCUT2D eigenvalue weighted by molar-refractivity contribution is 0.00425. The van der Waals surface area contributed by atoms with Gasteiger partial charge in [0.05, 0.1) is 12.1 Å². The molecule has 0 spiro atoms. The Hall–Kier alpha value is -0.940. The van der Waals surface area contributed by atoms with Crippen molar-refractivity contribution in [3.8, 4) is 0 Å². The van der Waals surface area contributed by atoms with Crippen molar-refractivity contribution in [2.45, 2.75) is 56.7 Å². The van der Waals surface area contributed by atoms with Crippen LogP contribution in [0.5, 0.6) is 0 Å². The monoisotopic (exact) mass is 250 g/mol. The third-order valence-electron chi connectivity index (χ3n) is 4.47. The van der Waals surface area contributed by atoms with E-state index in [0.717, 1.165) is 38.8 Å². The molecule has 2 heterocycles. The summed E-state index contributed by atoms with van der Waals surface area (Å²) >= 11 is 0. The summed E-state index contributed by atoms with van der Waals surface area (Å²) in [5.74, 6) is 0. The zero-order chi connectivity index (χ0) is 12.4. The van der Waals surface area contributed by atoms with E-state index in [2.05, 4.69) is 15.0 Å². The molecule has 2 aliphatic rings. The summed E-state index contributed by atoms with van der Waals surface area (Å²) < 4.78 is 1.98. The van der Waals surface area contributed by atoms with Crippen LogP contribution >= 0.6 is 0 Å². The van der Waals surface area contributed by atoms with Crippen molar-refractivity contribution in [1.29, 1.82) is 0 Å². The lowest BCUT2D eigenvalue weighted by Gasteiger charge is -2.41. The van der Waals surface area contributed by atoms with Gasteiger partial charge in [-0.15, -0.1) is 0 Å². The number of aliphatic hydroxyl groups excluding tert-OH is 1. The number of hydrogen-bond acceptors (Lipinski definition) is 4. The van der Waals surface area contributed by atoms with Gasteiger partial charge in [0.25, 0.3) is 0 Å². The molecule has 18 heavy (non-hydrogen) atoms. The highest BCUT2D eigenvalue weighted by Gasteiger charge is 2.31. The maximum absolute atomic E-state index is 10.1. The van der Waals surface area contributed by atoms with Crippen molar-refractivity contribution in [3.63, 3.8) is 0 Å². The van der Waals surface area contributed by atoms with E-state index in [-0.39, 0.29) is 6.10 Å². The number of aliphatic hydroxyl groups is 1. The number of rotatable bonds is 2. The molecule has 0 radical (unpaired) electrons. The summed E-state index contributed by atoms with van der Waals surface area (Å²) in [6.07, 6.45) is 10.1. The second kappa shape index (κ2) is 5.36. The molecule has 1 saturated carbocycles. The average Bonchev–Trinajstić information content (AvgIpc) is 2.94. The highest BCUT2D eigenvalue weighted by Crippen LogP contribution is 2.28. The molecule has 100 valence electrons. The van der Waals surface area contributed by atoms with Crippen LogP contribution in [0.25, 0.3) is 0 Å². The van der Waals surface area contributed by atoms with E-state index >= 15 is 0 Å². The zero-order valence-electron chi connectivity index (χ0n) is 10.8. The van der Waals surface area contributed by atoms with Crippen molar-refractivity contribution in [1.82, 2.24) is 19.7 Å². The Morgan fingerprint density at radius 1 is 1.06 bits per heavy atom. The molecule has 0 amide bonds. The fraction of sp³-hybridized carbons (Fsp3) is 0.846. The number of nitrogens with zero attached hydrogens (tertiary/aromatic N) is 4. The molecule has 3 rings (SSSR count). The molecule has 1 N–H and O–H groups in total. The predicted molar refractivity (Wildman–Crippen MR) is 68.1 cm³/mol. The van der Waals surface area contributed by atoms with Crippen LogP contribution in [0, 0.1) is 0 Å². The SMILES string of the molecule is OC1CCCCC1N1CCC(n2cncn2)CC1. The normalized spacial score (nSPS) is 31.6. The van der Waals surface area contributed by atoms with Gasteiger partial charge in [-0.25, -0.2) is 9.67 Å². The largest absolute Gasteiger partial charge is 0.391 e. The first-order chi connectivity index (χ1) is 8.84. The van der Waals surface area contributed by atoms with Crippen molar-refractivity contribution >= 4 is 0 Å². The standard InChI is InChI=1S/C13H22N4O/c18-13-4-2-1-3-12(13)16-7-5-11(6-8-16)17-10-14-9-15-17/h9-13,18H,1-8H2. The molecule has 2 fully saturated rings. The lowest BCUT2D eigenvalue weighted by Crippen LogP contribution is -2.49. The van der Waals surface area contributed by atoms with Crippen LogP contribution in [0.15, 0.2) is 12.7 Å². The average molecular weight is 250 g/mol. The molecule has 2 unspecified atom stereocenters. The molecule has 5 nitrogen and oxygen atoms in total. The van der Waals surface area contributed by atoms with Gasteiger partial charge in [-0.05, 0) is 25.7 Å². The van der Waals surface area contributed by atoms with Crippen molar-refractivity contribution < 1.29 is 5.11 Å². The molecule has 1 aromatic rings. The van der Waals surface area contributed by atoms with Crippen LogP contribution < -0.4 is 0 Å². The fourth-order valence-electron chi connectivity index (χ4n) is 3.41. The Morgan fingerprint density at radius 3 is 2.50 bits per heavy atom. The van der Waals surface area contributed by atoms with Gasteiger partial charge >= 0.3 is 0 Å². The van der Waals surface area contributed by atoms with E-state index in [1.807, 2.05) is 11.0 Å². The summed E-state index contributed by atoms with van der Waals surface area (Å²) in [6, 6.07) is 0.889. The summed E-state index contributed by atoms with van der Waals surface area (Å²) in [4.78, 5) is 6.50. The first kappa shape index (κ1) is 12.1. The van der Waals surface area contributed by atoms with E-state index in [1.54, 1.807) is 6.33 Å². The Kier molecular flexibility index (Phi) is 3.61. The van der Waals surface area contributed by atoms with Gasteiger partial charge in [0.1, 0.15) is 12.7 Å². The molecule has 0 bridgehead atoms. The predicted octanol–water partition coefficient (Wildman–Crippen LogP) is 1.22. The quantitative estimate of drug-likeness (QED) is 0.857. The van der Waals surface area contributed by atoms with Crippen LogP contribution in [0.4, 0.5) is 0 Å². The van der Waals surface area contributed by atoms with Gasteiger partial charge < -0.3 is 5.11 Å². The molecular weight excluding hydrogens is 228 g/mol. The van der Waals surface area contributed by atoms with E-state index < -0.39 is 0 Å². The highest BCUT2D eigenvalue weighted by molar-refractivity contribution is 4.87. The summed E-state index contributed by atoms with van der Waals surface area (Å²) in [5.41, 5.74) is 0. The van der Waals surface area contributed by atoms with Crippen molar-refractivity contribution in [2.75, 3.05) is 13.1 Å². The number of hydrogen-bond donors (Lipinski definition) is 1. The van der Waals surface area contributed by atoms with Crippen molar-refractivity contribution in [2.24, 2.45) is 0 Å². The lowest BCUT2D eigenvalue weighted by atomic mass is 9.89. The smallest absolute Gasteiger partial charge is 0.137 e. The number of piperidine rings is 1. The molecule has 2 atom stereocenters. The van der Waals surface area contributed by atoms with Gasteiger partial charge in [0, 0.05) is 19.1 Å². The van der Waals surface area contributed by atoms with Crippen LogP contribution in [-0.2, 0) is 0 Å². The molecule has 1 aromatic heterocycles. The molecule has 0 aromatic carbocycles. The zero-order valence-corrected chi connectivity index (χ0v) is 10.8. The second-order valence-electron chi connectivity index (χ2n) is 5.56. The van der Waals surface area contributed by atoms with E-state index in [4.69, 9.17) is 0 Å². The Labute approximate surface area is 108 Å². The Morgan fingerprint density at radius 2 is 1.83 bits per heavy atom. The molecule has 1 aliphatic heterocycles. The molecular formula is C13H22N4O. The van der Waals surface area contributed by atoms with Gasteiger partial charge in [-0.1, -0.05) is 12.8 Å².